The SMILES string of the molecule is O=C(O)c1cc2nc([C@H]3CC[C@H](COCc4ccccc4)CC3)sc2cc1Br. The van der Waals surface area contributed by atoms with E-state index in [-0.39, 0.29) is 5.56 Å². The van der Waals surface area contributed by atoms with Crippen molar-refractivity contribution < 1.29 is 14.6 Å². The van der Waals surface area contributed by atoms with E-state index < -0.39 is 5.97 Å². The van der Waals surface area contributed by atoms with Crippen LogP contribution in [0, 0.1) is 5.92 Å². The molecular weight excluding hydrogens is 438 g/mol. The summed E-state index contributed by atoms with van der Waals surface area (Å²) in [6.45, 7) is 1.50. The summed E-state index contributed by atoms with van der Waals surface area (Å²) in [7, 11) is 0. The van der Waals surface area contributed by atoms with Crippen LogP contribution in [0.3, 0.4) is 0 Å². The van der Waals surface area contributed by atoms with Gasteiger partial charge in [0.05, 0.1) is 27.4 Å². The molecule has 0 saturated heterocycles. The minimum absolute atomic E-state index is 0.267. The second-order valence-corrected chi connectivity index (χ2v) is 9.29. The van der Waals surface area contributed by atoms with Crippen LogP contribution in [0.25, 0.3) is 10.2 Å². The van der Waals surface area contributed by atoms with Gasteiger partial charge >= 0.3 is 5.97 Å². The lowest BCUT2D eigenvalue weighted by molar-refractivity contribution is 0.0696. The van der Waals surface area contributed by atoms with E-state index in [1.54, 1.807) is 17.4 Å². The van der Waals surface area contributed by atoms with Gasteiger partial charge in [0.25, 0.3) is 0 Å². The highest BCUT2D eigenvalue weighted by Crippen LogP contribution is 2.40. The van der Waals surface area contributed by atoms with Gasteiger partial charge < -0.3 is 9.84 Å². The molecule has 0 atom stereocenters. The Bertz CT molecular complexity index is 965. The molecule has 1 N–H and O–H groups in total. The van der Waals surface area contributed by atoms with E-state index in [4.69, 9.17) is 9.72 Å². The number of ether oxygens (including phenoxy) is 1. The van der Waals surface area contributed by atoms with E-state index in [0.29, 0.717) is 22.9 Å². The summed E-state index contributed by atoms with van der Waals surface area (Å²) in [6, 6.07) is 13.8. The van der Waals surface area contributed by atoms with Crippen LogP contribution >= 0.6 is 27.3 Å². The van der Waals surface area contributed by atoms with E-state index in [1.165, 1.54) is 5.56 Å². The molecular formula is C22H22BrNO3S. The lowest BCUT2D eigenvalue weighted by atomic mass is 9.83. The third-order valence-corrected chi connectivity index (χ3v) is 7.22. The first-order chi connectivity index (χ1) is 13.6. The van der Waals surface area contributed by atoms with Crippen LogP contribution < -0.4 is 0 Å². The van der Waals surface area contributed by atoms with Crippen molar-refractivity contribution in [2.75, 3.05) is 6.61 Å². The maximum Gasteiger partial charge on any atom is 0.336 e. The minimum atomic E-state index is -0.931. The summed E-state index contributed by atoms with van der Waals surface area (Å²) in [5.74, 6) is 0.149. The summed E-state index contributed by atoms with van der Waals surface area (Å²) in [5, 5.41) is 10.4. The Hall–Kier alpha value is -1.76. The smallest absolute Gasteiger partial charge is 0.336 e. The molecule has 4 rings (SSSR count). The summed E-state index contributed by atoms with van der Waals surface area (Å²) in [4.78, 5) is 16.1. The second-order valence-electron chi connectivity index (χ2n) is 7.38. The van der Waals surface area contributed by atoms with Crippen LogP contribution in [0.2, 0.25) is 0 Å². The monoisotopic (exact) mass is 459 g/mol. The average molecular weight is 460 g/mol. The van der Waals surface area contributed by atoms with E-state index in [0.717, 1.165) is 47.5 Å². The summed E-state index contributed by atoms with van der Waals surface area (Å²) in [5.41, 5.74) is 2.27. The van der Waals surface area contributed by atoms with Crippen LogP contribution in [-0.2, 0) is 11.3 Å². The number of aromatic carboxylic acids is 1. The molecule has 0 spiro atoms. The van der Waals surface area contributed by atoms with Gasteiger partial charge in [-0.3, -0.25) is 0 Å². The van der Waals surface area contributed by atoms with Gasteiger partial charge in [0.15, 0.2) is 0 Å². The van der Waals surface area contributed by atoms with Crippen molar-refractivity contribution >= 4 is 43.5 Å². The summed E-state index contributed by atoms with van der Waals surface area (Å²) >= 11 is 5.05. The number of hydrogen-bond donors (Lipinski definition) is 1. The number of aromatic nitrogens is 1. The molecule has 0 unspecified atom stereocenters. The molecule has 1 saturated carbocycles. The third kappa shape index (κ3) is 4.45. The fourth-order valence-corrected chi connectivity index (χ4v) is 5.62. The second kappa shape index (κ2) is 8.72. The molecule has 1 aromatic heterocycles. The Morgan fingerprint density at radius 1 is 1.18 bits per heavy atom. The maximum atomic E-state index is 11.3. The lowest BCUT2D eigenvalue weighted by Crippen LogP contribution is -2.17. The highest BCUT2D eigenvalue weighted by molar-refractivity contribution is 9.10. The van der Waals surface area contributed by atoms with Crippen molar-refractivity contribution in [2.45, 2.75) is 38.2 Å². The average Bonchev–Trinajstić information content (AvgIpc) is 3.11. The van der Waals surface area contributed by atoms with Crippen molar-refractivity contribution in [1.29, 1.82) is 0 Å². The van der Waals surface area contributed by atoms with E-state index >= 15 is 0 Å². The van der Waals surface area contributed by atoms with Gasteiger partial charge in [0.2, 0.25) is 0 Å². The van der Waals surface area contributed by atoms with Crippen molar-refractivity contribution in [3.05, 3.63) is 63.1 Å². The molecule has 1 fully saturated rings. The van der Waals surface area contributed by atoms with Crippen molar-refractivity contribution in [1.82, 2.24) is 4.98 Å². The Morgan fingerprint density at radius 2 is 1.93 bits per heavy atom. The first-order valence-electron chi connectivity index (χ1n) is 9.55. The van der Waals surface area contributed by atoms with Gasteiger partial charge in [-0.05, 0) is 65.2 Å². The Balaban J connectivity index is 1.34. The Kier molecular flexibility index (Phi) is 6.09. The topological polar surface area (TPSA) is 59.4 Å². The van der Waals surface area contributed by atoms with Crippen LogP contribution in [0.4, 0.5) is 0 Å². The first kappa shape index (κ1) is 19.6. The number of hydrogen-bond acceptors (Lipinski definition) is 4. The number of carboxylic acid groups (broad SMARTS) is 1. The largest absolute Gasteiger partial charge is 0.478 e. The predicted molar refractivity (Wildman–Crippen MR) is 115 cm³/mol. The Morgan fingerprint density at radius 3 is 2.64 bits per heavy atom. The standard InChI is InChI=1S/C22H22BrNO3S/c23-18-11-20-19(10-17(18)22(25)26)24-21(28-20)16-8-6-15(7-9-16)13-27-12-14-4-2-1-3-5-14/h1-5,10-11,15-16H,6-9,12-13H2,(H,25,26)/t15-,16-. The van der Waals surface area contributed by atoms with Crippen LogP contribution in [-0.4, -0.2) is 22.7 Å². The van der Waals surface area contributed by atoms with Crippen molar-refractivity contribution in [3.8, 4) is 0 Å². The minimum Gasteiger partial charge on any atom is -0.478 e. The maximum absolute atomic E-state index is 11.3. The van der Waals surface area contributed by atoms with E-state index in [2.05, 4.69) is 28.1 Å². The molecule has 3 aromatic rings. The summed E-state index contributed by atoms with van der Waals surface area (Å²) < 4.78 is 7.58. The fourth-order valence-electron chi connectivity index (χ4n) is 3.80. The molecule has 146 valence electrons. The molecule has 1 aliphatic rings. The van der Waals surface area contributed by atoms with Crippen molar-refractivity contribution in [2.24, 2.45) is 5.92 Å². The molecule has 0 amide bonds. The van der Waals surface area contributed by atoms with Crippen molar-refractivity contribution in [3.63, 3.8) is 0 Å². The van der Waals surface area contributed by atoms with Gasteiger partial charge in [-0.2, -0.15) is 0 Å². The first-order valence-corrected chi connectivity index (χ1v) is 11.2. The quantitative estimate of drug-likeness (QED) is 0.473. The van der Waals surface area contributed by atoms with Gasteiger partial charge in [-0.1, -0.05) is 30.3 Å². The zero-order valence-corrected chi connectivity index (χ0v) is 17.8. The molecule has 6 heteroatoms. The number of fused-ring (bicyclic) bond motifs is 1. The molecule has 0 aliphatic heterocycles. The van der Waals surface area contributed by atoms with Crippen LogP contribution in [0.5, 0.6) is 0 Å². The van der Waals surface area contributed by atoms with Crippen LogP contribution in [0.1, 0.15) is 52.5 Å². The number of carboxylic acids is 1. The predicted octanol–water partition coefficient (Wildman–Crippen LogP) is 6.25. The molecule has 0 radical (unpaired) electrons. The molecule has 4 nitrogen and oxygen atoms in total. The normalized spacial score (nSPS) is 19.8. The van der Waals surface area contributed by atoms with E-state index in [1.807, 2.05) is 24.3 Å². The van der Waals surface area contributed by atoms with E-state index in [9.17, 15) is 9.90 Å². The Labute approximate surface area is 176 Å². The number of nitrogens with zero attached hydrogens (tertiary/aromatic N) is 1. The lowest BCUT2D eigenvalue weighted by Gasteiger charge is -2.27. The summed E-state index contributed by atoms with van der Waals surface area (Å²) in [6.07, 6.45) is 4.54. The molecule has 0 bridgehead atoms. The number of benzene rings is 2. The number of rotatable bonds is 6. The number of halogens is 1. The van der Waals surface area contributed by atoms with Gasteiger partial charge in [-0.25, -0.2) is 9.78 Å². The number of carbonyl (C=O) groups is 1. The third-order valence-electron chi connectivity index (χ3n) is 5.39. The van der Waals surface area contributed by atoms with Gasteiger partial charge in [0, 0.05) is 17.0 Å². The number of thiazole rings is 1. The zero-order valence-electron chi connectivity index (χ0n) is 15.4. The molecule has 2 aromatic carbocycles. The molecule has 1 heterocycles. The highest BCUT2D eigenvalue weighted by atomic mass is 79.9. The van der Waals surface area contributed by atoms with Crippen LogP contribution in [0.15, 0.2) is 46.9 Å². The zero-order chi connectivity index (χ0) is 19.5. The highest BCUT2D eigenvalue weighted by Gasteiger charge is 2.25. The van der Waals surface area contributed by atoms with Gasteiger partial charge in [0.1, 0.15) is 0 Å². The van der Waals surface area contributed by atoms with Gasteiger partial charge in [-0.15, -0.1) is 11.3 Å². The fraction of sp³-hybridized carbons (Fsp3) is 0.364. The molecule has 1 aliphatic carbocycles. The molecule has 28 heavy (non-hydrogen) atoms.